The first-order chi connectivity index (χ1) is 9.99. The van der Waals surface area contributed by atoms with Gasteiger partial charge in [-0.25, -0.2) is 0 Å². The molecule has 0 bridgehead atoms. The Kier molecular flexibility index (Phi) is 4.50. The van der Waals surface area contributed by atoms with Crippen LogP contribution in [-0.4, -0.2) is 10.7 Å². The van der Waals surface area contributed by atoms with Gasteiger partial charge in [-0.2, -0.15) is 0 Å². The van der Waals surface area contributed by atoms with Gasteiger partial charge in [-0.1, -0.05) is 23.7 Å². The van der Waals surface area contributed by atoms with Crippen LogP contribution < -0.4 is 0 Å². The van der Waals surface area contributed by atoms with E-state index in [-0.39, 0.29) is 11.5 Å². The summed E-state index contributed by atoms with van der Waals surface area (Å²) in [6.07, 6.45) is 2.77. The fourth-order valence-corrected chi connectivity index (χ4v) is 1.97. The zero-order valence-corrected chi connectivity index (χ0v) is 12.0. The molecule has 0 unspecified atom stereocenters. The van der Waals surface area contributed by atoms with Gasteiger partial charge in [0.2, 0.25) is 0 Å². The van der Waals surface area contributed by atoms with E-state index in [1.165, 1.54) is 18.2 Å². The first-order valence-corrected chi connectivity index (χ1v) is 6.59. The highest BCUT2D eigenvalue weighted by molar-refractivity contribution is 6.31. The molecule has 0 N–H and O–H groups in total. The second kappa shape index (κ2) is 6.33. The third-order valence-electron chi connectivity index (χ3n) is 2.99. The van der Waals surface area contributed by atoms with Crippen molar-refractivity contribution in [2.45, 2.75) is 6.92 Å². The number of rotatable bonds is 4. The number of nitro benzene ring substituents is 1. The van der Waals surface area contributed by atoms with Gasteiger partial charge in [0.25, 0.3) is 5.69 Å². The summed E-state index contributed by atoms with van der Waals surface area (Å²) in [5, 5.41) is 11.5. The normalized spacial score (nSPS) is 10.8. The molecule has 2 aromatic rings. The lowest BCUT2D eigenvalue weighted by atomic mass is 10.1. The minimum absolute atomic E-state index is 0.0335. The number of halogens is 1. The summed E-state index contributed by atoms with van der Waals surface area (Å²) in [6.45, 7) is 1.81. The Morgan fingerprint density at radius 3 is 2.62 bits per heavy atom. The number of carbonyl (C=O) groups is 1. The summed E-state index contributed by atoms with van der Waals surface area (Å²) in [6, 6.07) is 11.2. The molecular weight excluding hydrogens is 290 g/mol. The van der Waals surface area contributed by atoms with Crippen LogP contribution in [0.3, 0.4) is 0 Å². The molecule has 0 amide bonds. The van der Waals surface area contributed by atoms with E-state index in [4.69, 9.17) is 11.6 Å². The molecule has 0 spiro atoms. The van der Waals surface area contributed by atoms with Crippen LogP contribution in [0.15, 0.2) is 48.5 Å². The molecule has 0 aromatic heterocycles. The van der Waals surface area contributed by atoms with Crippen molar-refractivity contribution in [3.8, 4) is 0 Å². The molecule has 2 aromatic carbocycles. The van der Waals surface area contributed by atoms with Crippen molar-refractivity contribution in [2.24, 2.45) is 0 Å². The second-order valence-electron chi connectivity index (χ2n) is 4.48. The first-order valence-electron chi connectivity index (χ1n) is 6.21. The van der Waals surface area contributed by atoms with Crippen LogP contribution in [0.1, 0.15) is 21.5 Å². The Morgan fingerprint density at radius 1 is 1.24 bits per heavy atom. The predicted octanol–water partition coefficient (Wildman–Crippen LogP) is 4.45. The van der Waals surface area contributed by atoms with E-state index in [1.807, 2.05) is 6.92 Å². The maximum absolute atomic E-state index is 12.1. The highest BCUT2D eigenvalue weighted by Gasteiger charge is 2.10. The monoisotopic (exact) mass is 301 g/mol. The molecule has 4 nitrogen and oxygen atoms in total. The molecule has 106 valence electrons. The van der Waals surface area contributed by atoms with Gasteiger partial charge >= 0.3 is 0 Å². The molecule has 0 aliphatic carbocycles. The summed E-state index contributed by atoms with van der Waals surface area (Å²) in [4.78, 5) is 22.5. The molecule has 0 aliphatic rings. The zero-order chi connectivity index (χ0) is 15.4. The van der Waals surface area contributed by atoms with Crippen LogP contribution in [-0.2, 0) is 0 Å². The Hall–Kier alpha value is -2.46. The number of carbonyl (C=O) groups excluding carboxylic acids is 1. The number of ketones is 1. The lowest BCUT2D eigenvalue weighted by molar-refractivity contribution is -0.385. The molecule has 0 heterocycles. The fourth-order valence-electron chi connectivity index (χ4n) is 1.85. The minimum Gasteiger partial charge on any atom is -0.289 e. The van der Waals surface area contributed by atoms with Crippen molar-refractivity contribution in [2.75, 3.05) is 0 Å². The predicted molar refractivity (Wildman–Crippen MR) is 82.6 cm³/mol. The molecule has 0 saturated carbocycles. The average Bonchev–Trinajstić information content (AvgIpc) is 2.47. The molecule has 2 rings (SSSR count). The average molecular weight is 302 g/mol. The van der Waals surface area contributed by atoms with E-state index in [0.717, 1.165) is 5.56 Å². The van der Waals surface area contributed by atoms with E-state index in [9.17, 15) is 14.9 Å². The van der Waals surface area contributed by atoms with E-state index in [2.05, 4.69) is 0 Å². The van der Waals surface area contributed by atoms with Crippen molar-refractivity contribution in [1.29, 1.82) is 0 Å². The SMILES string of the molecule is Cc1cc(C(=O)/C=C\c2ccccc2[N+](=O)[O-])ccc1Cl. The number of hydrogen-bond donors (Lipinski definition) is 0. The van der Waals surface area contributed by atoms with Gasteiger partial charge in [0.1, 0.15) is 0 Å². The van der Waals surface area contributed by atoms with E-state index in [0.29, 0.717) is 16.1 Å². The van der Waals surface area contributed by atoms with E-state index in [1.54, 1.807) is 36.4 Å². The van der Waals surface area contributed by atoms with Crippen LogP contribution in [0, 0.1) is 17.0 Å². The Bertz CT molecular complexity index is 738. The first kappa shape index (κ1) is 14.9. The molecule has 0 radical (unpaired) electrons. The van der Waals surface area contributed by atoms with Gasteiger partial charge in [-0.3, -0.25) is 14.9 Å². The van der Waals surface area contributed by atoms with Gasteiger partial charge in [0.15, 0.2) is 5.78 Å². The van der Waals surface area contributed by atoms with Crippen LogP contribution in [0.2, 0.25) is 5.02 Å². The molecule has 0 fully saturated rings. The summed E-state index contributed by atoms with van der Waals surface area (Å²) < 4.78 is 0. The summed E-state index contributed by atoms with van der Waals surface area (Å²) in [7, 11) is 0. The number of nitro groups is 1. The van der Waals surface area contributed by atoms with Gasteiger partial charge in [0.05, 0.1) is 10.5 Å². The van der Waals surface area contributed by atoms with Gasteiger partial charge in [-0.05, 0) is 48.9 Å². The van der Waals surface area contributed by atoms with Crippen LogP contribution in [0.5, 0.6) is 0 Å². The lowest BCUT2D eigenvalue weighted by Crippen LogP contribution is -1.95. The number of aryl methyl sites for hydroxylation is 1. The van der Waals surface area contributed by atoms with Gasteiger partial charge in [0, 0.05) is 16.7 Å². The third kappa shape index (κ3) is 3.55. The third-order valence-corrected chi connectivity index (χ3v) is 3.41. The smallest absolute Gasteiger partial charge is 0.276 e. The molecule has 21 heavy (non-hydrogen) atoms. The van der Waals surface area contributed by atoms with Gasteiger partial charge in [-0.15, -0.1) is 0 Å². The maximum Gasteiger partial charge on any atom is 0.276 e. The molecule has 0 atom stereocenters. The molecule has 0 saturated heterocycles. The summed E-state index contributed by atoms with van der Waals surface area (Å²) >= 11 is 5.91. The summed E-state index contributed by atoms with van der Waals surface area (Å²) in [5.41, 5.74) is 1.66. The van der Waals surface area contributed by atoms with Crippen LogP contribution in [0.25, 0.3) is 6.08 Å². The molecule has 0 aliphatic heterocycles. The lowest BCUT2D eigenvalue weighted by Gasteiger charge is -2.00. The second-order valence-corrected chi connectivity index (χ2v) is 4.88. The Balaban J connectivity index is 2.27. The number of benzene rings is 2. The number of nitrogens with zero attached hydrogens (tertiary/aromatic N) is 1. The maximum atomic E-state index is 12.1. The quantitative estimate of drug-likeness (QED) is 0.363. The van der Waals surface area contributed by atoms with Crippen molar-refractivity contribution in [3.05, 3.63) is 80.4 Å². The topological polar surface area (TPSA) is 60.2 Å². The molecule has 5 heteroatoms. The van der Waals surface area contributed by atoms with Crippen LogP contribution >= 0.6 is 11.6 Å². The van der Waals surface area contributed by atoms with Crippen molar-refractivity contribution in [1.82, 2.24) is 0 Å². The van der Waals surface area contributed by atoms with Crippen molar-refractivity contribution >= 4 is 29.1 Å². The highest BCUT2D eigenvalue weighted by atomic mass is 35.5. The number of para-hydroxylation sites is 1. The van der Waals surface area contributed by atoms with Crippen molar-refractivity contribution < 1.29 is 9.72 Å². The fraction of sp³-hybridized carbons (Fsp3) is 0.0625. The number of allylic oxidation sites excluding steroid dienone is 1. The minimum atomic E-state index is -0.476. The summed E-state index contributed by atoms with van der Waals surface area (Å²) in [5.74, 6) is -0.229. The van der Waals surface area contributed by atoms with Gasteiger partial charge < -0.3 is 0 Å². The van der Waals surface area contributed by atoms with Crippen LogP contribution in [0.4, 0.5) is 5.69 Å². The standard InChI is InChI=1S/C16H12ClNO3/c1-11-10-13(6-8-14(11)17)16(19)9-7-12-4-2-3-5-15(12)18(20)21/h2-10H,1H3/b9-7-. The van der Waals surface area contributed by atoms with E-state index >= 15 is 0 Å². The Morgan fingerprint density at radius 2 is 1.95 bits per heavy atom. The Labute approximate surface area is 126 Å². The highest BCUT2D eigenvalue weighted by Crippen LogP contribution is 2.20. The zero-order valence-electron chi connectivity index (χ0n) is 11.2. The van der Waals surface area contributed by atoms with Crippen molar-refractivity contribution in [3.63, 3.8) is 0 Å². The van der Waals surface area contributed by atoms with E-state index < -0.39 is 4.92 Å². The molecular formula is C16H12ClNO3. The number of hydrogen-bond acceptors (Lipinski definition) is 3. The largest absolute Gasteiger partial charge is 0.289 e.